The third-order valence-corrected chi connectivity index (χ3v) is 4.94. The average molecular weight is 398 g/mol. The quantitative estimate of drug-likeness (QED) is 0.779. The lowest BCUT2D eigenvalue weighted by molar-refractivity contribution is -0.118. The smallest absolute Gasteiger partial charge is 0.312 e. The fourth-order valence-corrected chi connectivity index (χ4v) is 3.23. The zero-order valence-corrected chi connectivity index (χ0v) is 16.7. The third-order valence-electron chi connectivity index (χ3n) is 4.94. The molecular weight excluding hydrogens is 376 g/mol. The predicted molar refractivity (Wildman–Crippen MR) is 117 cm³/mol. The minimum absolute atomic E-state index is 0.125. The lowest BCUT2D eigenvalue weighted by Gasteiger charge is -2.22. The third kappa shape index (κ3) is 4.63. The van der Waals surface area contributed by atoms with Crippen molar-refractivity contribution in [3.05, 3.63) is 101 Å². The van der Waals surface area contributed by atoms with Crippen LogP contribution in [-0.2, 0) is 16.0 Å². The van der Waals surface area contributed by atoms with E-state index in [2.05, 4.69) is 41.5 Å². The van der Waals surface area contributed by atoms with Crippen LogP contribution in [0.4, 0.5) is 0 Å². The Labute approximate surface area is 175 Å². The maximum absolute atomic E-state index is 12.4. The molecule has 0 bridgehead atoms. The number of allylic oxidation sites excluding steroid dienone is 2. The van der Waals surface area contributed by atoms with Crippen LogP contribution < -0.4 is 5.32 Å². The van der Waals surface area contributed by atoms with E-state index in [0.717, 1.165) is 12.0 Å². The Hall–Kier alpha value is -3.73. The van der Waals surface area contributed by atoms with Crippen LogP contribution in [0, 0.1) is 6.92 Å². The van der Waals surface area contributed by atoms with Crippen molar-refractivity contribution in [1.82, 2.24) is 5.32 Å². The highest BCUT2D eigenvalue weighted by atomic mass is 16.5. The van der Waals surface area contributed by atoms with Crippen LogP contribution in [0.25, 0.3) is 6.08 Å². The van der Waals surface area contributed by atoms with Crippen LogP contribution in [0.3, 0.4) is 0 Å². The molecular formula is C25H22N2O3. The van der Waals surface area contributed by atoms with Crippen LogP contribution >= 0.6 is 0 Å². The van der Waals surface area contributed by atoms with Crippen LogP contribution in [0.15, 0.2) is 83.6 Å². The normalized spacial score (nSPS) is 18.6. The molecule has 0 saturated carbocycles. The summed E-state index contributed by atoms with van der Waals surface area (Å²) in [7, 11) is 0. The number of rotatable bonds is 5. The molecule has 0 spiro atoms. The van der Waals surface area contributed by atoms with Gasteiger partial charge in [-0.1, -0.05) is 54.1 Å². The van der Waals surface area contributed by atoms with Gasteiger partial charge in [-0.05, 0) is 54.8 Å². The highest BCUT2D eigenvalue weighted by Gasteiger charge is 2.26. The van der Waals surface area contributed by atoms with E-state index in [-0.39, 0.29) is 17.8 Å². The first-order valence-electron chi connectivity index (χ1n) is 9.88. The maximum atomic E-state index is 12.4. The molecule has 1 aliphatic heterocycles. The largest absolute Gasteiger partial charge is 0.474 e. The number of hydrogen-bond acceptors (Lipinski definition) is 3. The van der Waals surface area contributed by atoms with Gasteiger partial charge >= 0.3 is 5.91 Å². The van der Waals surface area contributed by atoms with Gasteiger partial charge in [0.15, 0.2) is 11.9 Å². The van der Waals surface area contributed by atoms with Gasteiger partial charge in [0.1, 0.15) is 0 Å². The molecule has 1 atom stereocenters. The second-order valence-electron chi connectivity index (χ2n) is 7.25. The number of nitrogens with zero attached hydrogens (tertiary/aromatic N) is 1. The van der Waals surface area contributed by atoms with E-state index in [1.165, 1.54) is 11.1 Å². The second-order valence-corrected chi connectivity index (χ2v) is 7.25. The van der Waals surface area contributed by atoms with E-state index >= 15 is 0 Å². The Morgan fingerprint density at radius 2 is 1.87 bits per heavy atom. The number of carbonyl (C=O) groups excluding carboxylic acids is 2. The number of nitrogens with one attached hydrogen (secondary N) is 1. The summed E-state index contributed by atoms with van der Waals surface area (Å²) in [5, 5.41) is 2.94. The van der Waals surface area contributed by atoms with E-state index in [1.807, 2.05) is 18.2 Å². The summed E-state index contributed by atoms with van der Waals surface area (Å²) < 4.78 is 5.75. The molecule has 2 aromatic rings. The zero-order valence-electron chi connectivity index (χ0n) is 16.7. The minimum atomic E-state index is -0.404. The molecule has 2 aliphatic rings. The van der Waals surface area contributed by atoms with Crippen molar-refractivity contribution in [1.29, 1.82) is 0 Å². The lowest BCUT2D eigenvalue weighted by Crippen LogP contribution is -2.29. The highest BCUT2D eigenvalue weighted by molar-refractivity contribution is 6.13. The summed E-state index contributed by atoms with van der Waals surface area (Å²) in [4.78, 5) is 28.6. The second kappa shape index (κ2) is 8.74. The van der Waals surface area contributed by atoms with Crippen molar-refractivity contribution in [3.8, 4) is 0 Å². The number of aliphatic imine (C=N–C) groups is 1. The first-order chi connectivity index (χ1) is 14.6. The Bertz CT molecular complexity index is 1070. The van der Waals surface area contributed by atoms with E-state index < -0.39 is 5.91 Å². The fraction of sp³-hybridized carbons (Fsp3) is 0.160. The number of fused-ring (bicyclic) bond motifs is 1. The molecule has 1 N–H and O–H groups in total. The minimum Gasteiger partial charge on any atom is -0.474 e. The molecule has 2 aromatic carbocycles. The summed E-state index contributed by atoms with van der Waals surface area (Å²) in [5.74, 6) is -0.335. The fourth-order valence-electron chi connectivity index (χ4n) is 3.23. The molecule has 4 rings (SSSR count). The van der Waals surface area contributed by atoms with Crippen LogP contribution in [0.2, 0.25) is 0 Å². The van der Waals surface area contributed by atoms with Gasteiger partial charge in [0.05, 0.1) is 5.71 Å². The first kappa shape index (κ1) is 19.6. The van der Waals surface area contributed by atoms with Gasteiger partial charge in [-0.2, -0.15) is 0 Å². The molecule has 0 saturated heterocycles. The standard InChI is InChI=1S/C25H22N2O3/c1-17-6-8-18(9-7-17)14-15-26-24(28)20-12-10-19(11-13-20)16-23-25(29)27-21-4-2-3-5-22(21)30-23/h2-13,16,22H,14-15H2,1H3,(H,26,28)/b23-16-. The maximum Gasteiger partial charge on any atom is 0.312 e. The van der Waals surface area contributed by atoms with Gasteiger partial charge in [0, 0.05) is 12.1 Å². The van der Waals surface area contributed by atoms with E-state index in [4.69, 9.17) is 4.74 Å². The van der Waals surface area contributed by atoms with Crippen molar-refractivity contribution in [2.75, 3.05) is 6.54 Å². The van der Waals surface area contributed by atoms with Crippen molar-refractivity contribution in [3.63, 3.8) is 0 Å². The number of hydrogen-bond donors (Lipinski definition) is 1. The molecule has 5 nitrogen and oxygen atoms in total. The summed E-state index contributed by atoms with van der Waals surface area (Å²) in [6, 6.07) is 15.3. The van der Waals surface area contributed by atoms with Crippen molar-refractivity contribution >= 4 is 23.6 Å². The van der Waals surface area contributed by atoms with Gasteiger partial charge in [-0.25, -0.2) is 4.99 Å². The molecule has 30 heavy (non-hydrogen) atoms. The van der Waals surface area contributed by atoms with Gasteiger partial charge in [-0.15, -0.1) is 0 Å². The van der Waals surface area contributed by atoms with Gasteiger partial charge in [0.25, 0.3) is 5.91 Å². The lowest BCUT2D eigenvalue weighted by atomic mass is 10.1. The van der Waals surface area contributed by atoms with E-state index in [0.29, 0.717) is 17.8 Å². The number of ether oxygens (including phenoxy) is 1. The monoisotopic (exact) mass is 398 g/mol. The number of benzene rings is 2. The Kier molecular flexibility index (Phi) is 5.70. The van der Waals surface area contributed by atoms with Crippen molar-refractivity contribution in [2.24, 2.45) is 4.99 Å². The Morgan fingerprint density at radius 3 is 2.63 bits per heavy atom. The summed E-state index contributed by atoms with van der Waals surface area (Å²) >= 11 is 0. The highest BCUT2D eigenvalue weighted by Crippen LogP contribution is 2.20. The predicted octanol–water partition coefficient (Wildman–Crippen LogP) is 3.80. The van der Waals surface area contributed by atoms with Crippen molar-refractivity contribution in [2.45, 2.75) is 19.4 Å². The van der Waals surface area contributed by atoms with E-state index in [1.54, 1.807) is 36.4 Å². The molecule has 0 aromatic heterocycles. The molecule has 150 valence electrons. The summed E-state index contributed by atoms with van der Waals surface area (Å²) in [6.07, 6.45) is 9.40. The van der Waals surface area contributed by atoms with E-state index in [9.17, 15) is 9.59 Å². The summed E-state index contributed by atoms with van der Waals surface area (Å²) in [6.45, 7) is 2.62. The Balaban J connectivity index is 1.36. The topological polar surface area (TPSA) is 67.8 Å². The van der Waals surface area contributed by atoms with Gasteiger partial charge in [-0.3, -0.25) is 9.59 Å². The molecule has 0 fully saturated rings. The number of amides is 2. The SMILES string of the molecule is Cc1ccc(CCNC(=O)c2ccc(/C=C3\OC4C=CC=CC4=NC3=O)cc2)cc1. The van der Waals surface area contributed by atoms with Crippen LogP contribution in [-0.4, -0.2) is 30.2 Å². The molecule has 1 aliphatic carbocycles. The molecule has 1 unspecified atom stereocenters. The van der Waals surface area contributed by atoms with Gasteiger partial charge < -0.3 is 10.1 Å². The number of carbonyl (C=O) groups is 2. The zero-order chi connectivity index (χ0) is 20.9. The van der Waals surface area contributed by atoms with Crippen LogP contribution in [0.5, 0.6) is 0 Å². The van der Waals surface area contributed by atoms with Crippen molar-refractivity contribution < 1.29 is 14.3 Å². The molecule has 1 heterocycles. The molecule has 5 heteroatoms. The number of aryl methyl sites for hydroxylation is 1. The van der Waals surface area contributed by atoms with Gasteiger partial charge in [0.2, 0.25) is 0 Å². The Morgan fingerprint density at radius 1 is 1.10 bits per heavy atom. The molecule has 0 radical (unpaired) electrons. The first-order valence-corrected chi connectivity index (χ1v) is 9.88. The average Bonchev–Trinajstić information content (AvgIpc) is 2.76. The van der Waals surface area contributed by atoms with Crippen LogP contribution in [0.1, 0.15) is 27.0 Å². The molecule has 2 amide bonds. The summed E-state index contributed by atoms with van der Waals surface area (Å²) in [5.41, 5.74) is 4.35.